The van der Waals surface area contributed by atoms with Gasteiger partial charge in [-0.05, 0) is 182 Å². The van der Waals surface area contributed by atoms with Crippen molar-refractivity contribution in [3.63, 3.8) is 0 Å². The molecule has 6 aromatic carbocycles. The van der Waals surface area contributed by atoms with Crippen molar-refractivity contribution in [3.8, 4) is 11.1 Å². The van der Waals surface area contributed by atoms with E-state index in [0.29, 0.717) is 0 Å². The number of benzene rings is 6. The van der Waals surface area contributed by atoms with Crippen molar-refractivity contribution < 1.29 is 0 Å². The standard InChI is InChI=1S/C62H65BN2S/c1-34-24-35(2)26-38(25-34)64-49-32-45-44(58(5,6)21-22-59(45,7)8)31-47(49)63-54-50(64)28-37-29-51(54)65(55-40-30-43-46(33-52(40)66-56(55)63)60(9,10)23-20-57(43,3)4)48-17-15-16-41-53(48)39-19-18-36(61(37,11)12)27-42(39)62(41,13)14/h15-19,24-33H,20-23H2,1-14H3. The Morgan fingerprint density at radius 1 is 0.485 bits per heavy atom. The normalized spacial score (nSPS) is 20.7. The average molecular weight is 881 g/mol. The molecule has 7 aromatic rings. The topological polar surface area (TPSA) is 6.48 Å². The minimum atomic E-state index is -0.281. The monoisotopic (exact) mass is 880 g/mol. The van der Waals surface area contributed by atoms with E-state index in [0.717, 1.165) is 0 Å². The molecule has 6 bridgehead atoms. The van der Waals surface area contributed by atoms with Crippen LogP contribution in [0.3, 0.4) is 0 Å². The van der Waals surface area contributed by atoms with Crippen molar-refractivity contribution >= 4 is 78.0 Å². The van der Waals surface area contributed by atoms with Crippen molar-refractivity contribution in [2.45, 2.75) is 155 Å². The zero-order valence-electron chi connectivity index (χ0n) is 41.9. The molecule has 0 atom stereocenters. The van der Waals surface area contributed by atoms with E-state index in [1.807, 2.05) is 0 Å². The summed E-state index contributed by atoms with van der Waals surface area (Å²) in [6.07, 6.45) is 4.77. The first-order chi connectivity index (χ1) is 31.0. The quantitative estimate of drug-likeness (QED) is 0.152. The molecule has 66 heavy (non-hydrogen) atoms. The summed E-state index contributed by atoms with van der Waals surface area (Å²) in [5, 5.41) is 1.41. The van der Waals surface area contributed by atoms with E-state index in [2.05, 4.69) is 209 Å². The highest BCUT2D eigenvalue weighted by Crippen LogP contribution is 2.60. The molecule has 3 aliphatic carbocycles. The van der Waals surface area contributed by atoms with Gasteiger partial charge in [-0.1, -0.05) is 126 Å². The van der Waals surface area contributed by atoms with Gasteiger partial charge in [0.2, 0.25) is 0 Å². The summed E-state index contributed by atoms with van der Waals surface area (Å²) in [6, 6.07) is 38.0. The summed E-state index contributed by atoms with van der Waals surface area (Å²) < 4.78 is 2.90. The van der Waals surface area contributed by atoms with Gasteiger partial charge in [-0.2, -0.15) is 0 Å². The smallest absolute Gasteiger partial charge is 0.264 e. The number of anilines is 6. The third-order valence-electron chi connectivity index (χ3n) is 18.4. The highest BCUT2D eigenvalue weighted by Gasteiger charge is 2.51. The fourth-order valence-corrected chi connectivity index (χ4v) is 15.4. The molecule has 14 rings (SSSR count). The Kier molecular flexibility index (Phi) is 7.81. The number of nitrogens with zero attached hydrogens (tertiary/aromatic N) is 2. The van der Waals surface area contributed by atoms with Crippen LogP contribution in [0, 0.1) is 13.8 Å². The highest BCUT2D eigenvalue weighted by molar-refractivity contribution is 7.33. The van der Waals surface area contributed by atoms with E-state index in [1.165, 1.54) is 147 Å². The Morgan fingerprint density at radius 2 is 1.08 bits per heavy atom. The number of hydrogen-bond acceptors (Lipinski definition) is 3. The van der Waals surface area contributed by atoms with Crippen molar-refractivity contribution in [2.24, 2.45) is 0 Å². The molecule has 4 heteroatoms. The Balaban J connectivity index is 1.24. The second-order valence-corrected chi connectivity index (χ2v) is 26.4. The molecule has 332 valence electrons. The summed E-state index contributed by atoms with van der Waals surface area (Å²) >= 11 is 2.09. The van der Waals surface area contributed by atoms with E-state index in [9.17, 15) is 0 Å². The van der Waals surface area contributed by atoms with Gasteiger partial charge in [0.25, 0.3) is 6.71 Å². The molecule has 4 aliphatic heterocycles. The highest BCUT2D eigenvalue weighted by atomic mass is 32.1. The minimum absolute atomic E-state index is 0.0655. The Morgan fingerprint density at radius 3 is 1.73 bits per heavy atom. The molecule has 0 fully saturated rings. The zero-order valence-corrected chi connectivity index (χ0v) is 42.7. The van der Waals surface area contributed by atoms with E-state index in [-0.39, 0.29) is 39.2 Å². The number of hydrogen-bond donors (Lipinski definition) is 0. The van der Waals surface area contributed by atoms with Crippen LogP contribution in [0.5, 0.6) is 0 Å². The maximum absolute atomic E-state index is 2.80. The number of fused-ring (bicyclic) bond motifs is 9. The van der Waals surface area contributed by atoms with Crippen LogP contribution in [0.2, 0.25) is 0 Å². The predicted molar refractivity (Wildman–Crippen MR) is 286 cm³/mol. The predicted octanol–water partition coefficient (Wildman–Crippen LogP) is 15.2. The Labute approximate surface area is 398 Å². The molecule has 5 heterocycles. The van der Waals surface area contributed by atoms with Gasteiger partial charge in [-0.3, -0.25) is 0 Å². The van der Waals surface area contributed by atoms with Crippen LogP contribution < -0.4 is 25.5 Å². The van der Waals surface area contributed by atoms with Gasteiger partial charge in [-0.25, -0.2) is 0 Å². The lowest BCUT2D eigenvalue weighted by atomic mass is 9.35. The fourth-order valence-electron chi connectivity index (χ4n) is 14.1. The van der Waals surface area contributed by atoms with Crippen LogP contribution in [-0.4, -0.2) is 6.71 Å². The number of aryl methyl sites for hydroxylation is 2. The van der Waals surface area contributed by atoms with Gasteiger partial charge < -0.3 is 9.80 Å². The van der Waals surface area contributed by atoms with Crippen LogP contribution in [0.15, 0.2) is 91.0 Å². The molecule has 0 radical (unpaired) electrons. The van der Waals surface area contributed by atoms with Crippen LogP contribution in [0.4, 0.5) is 34.1 Å². The molecule has 7 aliphatic rings. The van der Waals surface area contributed by atoms with Gasteiger partial charge in [-0.15, -0.1) is 11.3 Å². The van der Waals surface area contributed by atoms with Gasteiger partial charge in [0, 0.05) is 54.0 Å². The van der Waals surface area contributed by atoms with E-state index >= 15 is 0 Å². The van der Waals surface area contributed by atoms with Crippen molar-refractivity contribution in [2.75, 3.05) is 9.80 Å². The first-order valence-electron chi connectivity index (χ1n) is 25.0. The van der Waals surface area contributed by atoms with Gasteiger partial charge in [0.1, 0.15) is 0 Å². The lowest BCUT2D eigenvalue weighted by Gasteiger charge is -2.47. The summed E-state index contributed by atoms with van der Waals surface area (Å²) in [4.78, 5) is 5.51. The molecule has 2 nitrogen and oxygen atoms in total. The summed E-state index contributed by atoms with van der Waals surface area (Å²) in [7, 11) is 0. The first kappa shape index (κ1) is 41.2. The molecule has 0 spiro atoms. The van der Waals surface area contributed by atoms with Gasteiger partial charge in [0.15, 0.2) is 0 Å². The summed E-state index contributed by atoms with van der Waals surface area (Å²) in [5.74, 6) is 0. The summed E-state index contributed by atoms with van der Waals surface area (Å²) in [5.41, 5.74) is 27.9. The van der Waals surface area contributed by atoms with Crippen molar-refractivity contribution in [1.82, 2.24) is 0 Å². The molecule has 0 N–H and O–H groups in total. The van der Waals surface area contributed by atoms with E-state index in [1.54, 1.807) is 5.56 Å². The molecule has 0 saturated carbocycles. The largest absolute Gasteiger partial charge is 0.311 e. The van der Waals surface area contributed by atoms with Crippen molar-refractivity contribution in [1.29, 1.82) is 0 Å². The van der Waals surface area contributed by atoms with Crippen LogP contribution in [0.25, 0.3) is 21.2 Å². The van der Waals surface area contributed by atoms with Gasteiger partial charge in [0.05, 0.1) is 11.4 Å². The SMILES string of the molecule is Cc1cc(C)cc(N2c3cc4c(cc3B3c5sc6cc7c(cc6c5N5c6cc(cc2c63)C(C)(C)c2ccc3c(c2)C(C)(C)c2cccc5c2-3)C(C)(C)CCC7(C)C)C(C)(C)CCC4(C)C)c1. The summed E-state index contributed by atoms with van der Waals surface area (Å²) in [6.45, 7) is 34.5. The third kappa shape index (κ3) is 5.15. The van der Waals surface area contributed by atoms with E-state index < -0.39 is 0 Å². The lowest BCUT2D eigenvalue weighted by Crippen LogP contribution is -2.61. The van der Waals surface area contributed by atoms with Crippen LogP contribution in [0.1, 0.15) is 164 Å². The third-order valence-corrected chi connectivity index (χ3v) is 19.6. The Hall–Kier alpha value is -5.06. The lowest BCUT2D eigenvalue weighted by molar-refractivity contribution is 0.332. The van der Waals surface area contributed by atoms with Crippen LogP contribution >= 0.6 is 11.3 Å². The minimum Gasteiger partial charge on any atom is -0.311 e. The molecule has 0 unspecified atom stereocenters. The molecular formula is C62H65BN2S. The molecule has 1 aromatic heterocycles. The maximum atomic E-state index is 2.80. The fraction of sp³-hybridized carbons (Fsp3) is 0.387. The zero-order chi connectivity index (χ0) is 46.2. The first-order valence-corrected chi connectivity index (χ1v) is 25.8. The maximum Gasteiger partial charge on any atom is 0.264 e. The van der Waals surface area contributed by atoms with Gasteiger partial charge >= 0.3 is 0 Å². The van der Waals surface area contributed by atoms with Crippen LogP contribution in [-0.2, 0) is 32.5 Å². The second kappa shape index (κ2) is 12.5. The second-order valence-electron chi connectivity index (χ2n) is 25.3. The average Bonchev–Trinajstić information content (AvgIpc) is 3.73. The van der Waals surface area contributed by atoms with Crippen molar-refractivity contribution in [3.05, 3.63) is 147 Å². The molecule has 0 saturated heterocycles. The molecule has 0 amide bonds. The Bertz CT molecular complexity index is 3350. The van der Waals surface area contributed by atoms with E-state index in [4.69, 9.17) is 0 Å². The number of thiophene rings is 1. The number of rotatable bonds is 1. The molecular weight excluding hydrogens is 816 g/mol.